The van der Waals surface area contributed by atoms with Crippen molar-refractivity contribution in [1.82, 2.24) is 5.32 Å². The van der Waals surface area contributed by atoms with Gasteiger partial charge in [-0.25, -0.2) is 0 Å². The first-order valence-electron chi connectivity index (χ1n) is 5.11. The lowest BCUT2D eigenvalue weighted by Crippen LogP contribution is -2.23. The van der Waals surface area contributed by atoms with E-state index in [4.69, 9.17) is 10.00 Å². The number of ether oxygens (including phenoxy) is 1. The topological polar surface area (TPSA) is 45.0 Å². The second kappa shape index (κ2) is 6.05. The van der Waals surface area contributed by atoms with Crippen LogP contribution in [0.5, 0.6) is 5.75 Å². The SMILES string of the molecule is CCOc1cccc(CNC(C)C#N)c1. The molecule has 0 amide bonds. The van der Waals surface area contributed by atoms with Crippen LogP contribution in [0.4, 0.5) is 0 Å². The Morgan fingerprint density at radius 3 is 3.00 bits per heavy atom. The first kappa shape index (κ1) is 11.5. The molecule has 1 N–H and O–H groups in total. The minimum absolute atomic E-state index is 0.124. The molecule has 1 aromatic rings. The third-order valence-corrected chi connectivity index (χ3v) is 2.02. The molecule has 1 rings (SSSR count). The summed E-state index contributed by atoms with van der Waals surface area (Å²) in [5, 5.41) is 11.7. The molecular formula is C12H16N2O. The normalized spacial score (nSPS) is 11.8. The molecule has 0 aliphatic carbocycles. The Bertz CT molecular complexity index is 344. The summed E-state index contributed by atoms with van der Waals surface area (Å²) < 4.78 is 5.39. The number of hydrogen-bond donors (Lipinski definition) is 1. The predicted molar refractivity (Wildman–Crippen MR) is 59.5 cm³/mol. The third-order valence-electron chi connectivity index (χ3n) is 2.02. The van der Waals surface area contributed by atoms with Crippen molar-refractivity contribution in [3.63, 3.8) is 0 Å². The van der Waals surface area contributed by atoms with Crippen LogP contribution in [-0.2, 0) is 6.54 Å². The van der Waals surface area contributed by atoms with Crippen molar-refractivity contribution in [3.05, 3.63) is 29.8 Å². The van der Waals surface area contributed by atoms with Gasteiger partial charge in [0.2, 0.25) is 0 Å². The maximum Gasteiger partial charge on any atom is 0.119 e. The molecule has 0 radical (unpaired) electrons. The Morgan fingerprint density at radius 1 is 1.53 bits per heavy atom. The minimum atomic E-state index is -0.124. The minimum Gasteiger partial charge on any atom is -0.494 e. The number of nitrogens with one attached hydrogen (secondary N) is 1. The molecule has 3 nitrogen and oxygen atoms in total. The zero-order valence-electron chi connectivity index (χ0n) is 9.16. The van der Waals surface area contributed by atoms with Gasteiger partial charge in [0.15, 0.2) is 0 Å². The Morgan fingerprint density at radius 2 is 2.33 bits per heavy atom. The van der Waals surface area contributed by atoms with Gasteiger partial charge in [0, 0.05) is 6.54 Å². The second-order valence-electron chi connectivity index (χ2n) is 3.31. The molecule has 0 spiro atoms. The van der Waals surface area contributed by atoms with Gasteiger partial charge in [-0.2, -0.15) is 5.26 Å². The average molecular weight is 204 g/mol. The van der Waals surface area contributed by atoms with Gasteiger partial charge in [0.1, 0.15) is 5.75 Å². The standard InChI is InChI=1S/C12H16N2O/c1-3-15-12-6-4-5-11(7-12)9-14-10(2)8-13/h4-7,10,14H,3,9H2,1-2H3. The fourth-order valence-electron chi connectivity index (χ4n) is 1.23. The summed E-state index contributed by atoms with van der Waals surface area (Å²) in [4.78, 5) is 0. The van der Waals surface area contributed by atoms with Gasteiger partial charge >= 0.3 is 0 Å². The largest absolute Gasteiger partial charge is 0.494 e. The van der Waals surface area contributed by atoms with Crippen molar-refractivity contribution >= 4 is 0 Å². The summed E-state index contributed by atoms with van der Waals surface area (Å²) in [6.45, 7) is 5.16. The highest BCUT2D eigenvalue weighted by atomic mass is 16.5. The summed E-state index contributed by atoms with van der Waals surface area (Å²) in [5.74, 6) is 0.876. The van der Waals surface area contributed by atoms with Crippen molar-refractivity contribution in [2.24, 2.45) is 0 Å². The van der Waals surface area contributed by atoms with Gasteiger partial charge < -0.3 is 4.74 Å². The molecule has 0 saturated heterocycles. The van der Waals surface area contributed by atoms with Gasteiger partial charge in [-0.3, -0.25) is 5.32 Å². The molecular weight excluding hydrogens is 188 g/mol. The molecule has 0 fully saturated rings. The number of hydrogen-bond acceptors (Lipinski definition) is 3. The zero-order valence-corrected chi connectivity index (χ0v) is 9.16. The lowest BCUT2D eigenvalue weighted by atomic mass is 10.2. The van der Waals surface area contributed by atoms with Crippen molar-refractivity contribution in [3.8, 4) is 11.8 Å². The molecule has 1 atom stereocenters. The molecule has 0 bridgehead atoms. The van der Waals surface area contributed by atoms with E-state index in [2.05, 4.69) is 11.4 Å². The van der Waals surface area contributed by atoms with Crippen LogP contribution in [-0.4, -0.2) is 12.6 Å². The Kier molecular flexibility index (Phi) is 4.65. The van der Waals surface area contributed by atoms with Gasteiger partial charge in [0.05, 0.1) is 18.7 Å². The van der Waals surface area contributed by atoms with E-state index in [-0.39, 0.29) is 6.04 Å². The quantitative estimate of drug-likeness (QED) is 0.798. The van der Waals surface area contributed by atoms with E-state index in [0.29, 0.717) is 13.2 Å². The number of nitriles is 1. The summed E-state index contributed by atoms with van der Waals surface area (Å²) in [5.41, 5.74) is 1.13. The van der Waals surface area contributed by atoms with Crippen molar-refractivity contribution in [2.45, 2.75) is 26.4 Å². The fourth-order valence-corrected chi connectivity index (χ4v) is 1.23. The predicted octanol–water partition coefficient (Wildman–Crippen LogP) is 2.09. The van der Waals surface area contributed by atoms with Crippen LogP contribution in [0.25, 0.3) is 0 Å². The highest BCUT2D eigenvalue weighted by Crippen LogP contribution is 2.12. The van der Waals surface area contributed by atoms with E-state index in [1.807, 2.05) is 38.1 Å². The molecule has 80 valence electrons. The van der Waals surface area contributed by atoms with Crippen LogP contribution in [0.15, 0.2) is 24.3 Å². The zero-order chi connectivity index (χ0) is 11.1. The molecule has 3 heteroatoms. The van der Waals surface area contributed by atoms with Gasteiger partial charge in [-0.05, 0) is 31.5 Å². The average Bonchev–Trinajstić information content (AvgIpc) is 2.27. The summed E-state index contributed by atoms with van der Waals surface area (Å²) >= 11 is 0. The summed E-state index contributed by atoms with van der Waals surface area (Å²) in [7, 11) is 0. The summed E-state index contributed by atoms with van der Waals surface area (Å²) in [6, 6.07) is 9.90. The lowest BCUT2D eigenvalue weighted by Gasteiger charge is -2.08. The molecule has 0 saturated carbocycles. The number of benzene rings is 1. The van der Waals surface area contributed by atoms with Crippen molar-refractivity contribution in [2.75, 3.05) is 6.61 Å². The van der Waals surface area contributed by atoms with Gasteiger partial charge in [0.25, 0.3) is 0 Å². The molecule has 15 heavy (non-hydrogen) atoms. The van der Waals surface area contributed by atoms with Gasteiger partial charge in [-0.15, -0.1) is 0 Å². The van der Waals surface area contributed by atoms with Crippen LogP contribution in [0.1, 0.15) is 19.4 Å². The van der Waals surface area contributed by atoms with Crippen molar-refractivity contribution in [1.29, 1.82) is 5.26 Å². The van der Waals surface area contributed by atoms with Crippen LogP contribution >= 0.6 is 0 Å². The molecule has 0 aliphatic rings. The molecule has 0 aliphatic heterocycles. The first-order chi connectivity index (χ1) is 7.26. The van der Waals surface area contributed by atoms with E-state index in [0.717, 1.165) is 11.3 Å². The summed E-state index contributed by atoms with van der Waals surface area (Å²) in [6.07, 6.45) is 0. The van der Waals surface area contributed by atoms with Crippen LogP contribution < -0.4 is 10.1 Å². The first-order valence-corrected chi connectivity index (χ1v) is 5.11. The van der Waals surface area contributed by atoms with E-state index < -0.39 is 0 Å². The second-order valence-corrected chi connectivity index (χ2v) is 3.31. The van der Waals surface area contributed by atoms with Crippen LogP contribution in [0, 0.1) is 11.3 Å². The Balaban J connectivity index is 2.54. The third kappa shape index (κ3) is 4.01. The highest BCUT2D eigenvalue weighted by Gasteiger charge is 1.99. The maximum atomic E-state index is 8.61. The Labute approximate surface area is 90.7 Å². The van der Waals surface area contributed by atoms with Crippen molar-refractivity contribution < 1.29 is 4.74 Å². The van der Waals surface area contributed by atoms with Crippen LogP contribution in [0.3, 0.4) is 0 Å². The van der Waals surface area contributed by atoms with Gasteiger partial charge in [-0.1, -0.05) is 12.1 Å². The fraction of sp³-hybridized carbons (Fsp3) is 0.417. The highest BCUT2D eigenvalue weighted by molar-refractivity contribution is 5.28. The molecule has 0 heterocycles. The Hall–Kier alpha value is -1.53. The molecule has 1 unspecified atom stereocenters. The molecule has 1 aromatic carbocycles. The monoisotopic (exact) mass is 204 g/mol. The maximum absolute atomic E-state index is 8.61. The van der Waals surface area contributed by atoms with E-state index in [9.17, 15) is 0 Å². The van der Waals surface area contributed by atoms with E-state index in [1.54, 1.807) is 0 Å². The lowest BCUT2D eigenvalue weighted by molar-refractivity contribution is 0.340. The van der Waals surface area contributed by atoms with E-state index in [1.165, 1.54) is 0 Å². The number of rotatable bonds is 5. The number of nitrogens with zero attached hydrogens (tertiary/aromatic N) is 1. The van der Waals surface area contributed by atoms with E-state index >= 15 is 0 Å². The molecule has 0 aromatic heterocycles. The van der Waals surface area contributed by atoms with Crippen LogP contribution in [0.2, 0.25) is 0 Å². The smallest absolute Gasteiger partial charge is 0.119 e.